The Morgan fingerprint density at radius 2 is 1.68 bits per heavy atom. The van der Waals surface area contributed by atoms with E-state index < -0.39 is 41.6 Å². The lowest BCUT2D eigenvalue weighted by atomic mass is 10.1. The number of esters is 1. The van der Waals surface area contributed by atoms with Gasteiger partial charge in [0.05, 0.1) is 7.11 Å². The van der Waals surface area contributed by atoms with Gasteiger partial charge in [-0.1, -0.05) is 36.4 Å². The van der Waals surface area contributed by atoms with Crippen LogP contribution in [-0.4, -0.2) is 48.7 Å². The van der Waals surface area contributed by atoms with E-state index in [1.54, 1.807) is 27.7 Å². The van der Waals surface area contributed by atoms with Gasteiger partial charge >= 0.3 is 12.1 Å². The highest BCUT2D eigenvalue weighted by Crippen LogP contribution is 2.09. The topological polar surface area (TPSA) is 123 Å². The van der Waals surface area contributed by atoms with Gasteiger partial charge in [0.25, 0.3) is 5.91 Å². The van der Waals surface area contributed by atoms with Crippen LogP contribution >= 0.6 is 0 Å². The zero-order chi connectivity index (χ0) is 23.6. The monoisotopic (exact) mass is 433 g/mol. The van der Waals surface area contributed by atoms with Gasteiger partial charge in [0.15, 0.2) is 0 Å². The van der Waals surface area contributed by atoms with Gasteiger partial charge in [0.1, 0.15) is 23.4 Å². The number of methoxy groups -OCH3 is 1. The summed E-state index contributed by atoms with van der Waals surface area (Å²) in [7, 11) is 1.21. The molecule has 0 aliphatic heterocycles. The third kappa shape index (κ3) is 9.33. The number of rotatable bonds is 8. The third-order valence-corrected chi connectivity index (χ3v) is 3.98. The maximum absolute atomic E-state index is 12.9. The summed E-state index contributed by atoms with van der Waals surface area (Å²) in [6, 6.07) is 7.21. The number of benzene rings is 1. The molecule has 0 aromatic heterocycles. The fourth-order valence-corrected chi connectivity index (χ4v) is 2.50. The number of nitrogens with one attached hydrogen (secondary N) is 3. The number of hydrogen-bond acceptors (Lipinski definition) is 6. The molecule has 3 amide bonds. The van der Waals surface area contributed by atoms with E-state index in [4.69, 9.17) is 4.74 Å². The number of carbonyl (C=O) groups excluding carboxylic acids is 4. The molecule has 2 atom stereocenters. The molecule has 0 saturated heterocycles. The summed E-state index contributed by atoms with van der Waals surface area (Å²) in [5, 5.41) is 7.50. The SMILES string of the molecule is C/C=C(\NC(=O)[C@H](Cc1ccccc1)NC(=O)OC(C)(C)C)C(=O)N[C@@H](C)C(=O)OC. The predicted octanol–water partition coefficient (Wildman–Crippen LogP) is 1.82. The van der Waals surface area contributed by atoms with Crippen LogP contribution in [0, 0.1) is 0 Å². The average molecular weight is 434 g/mol. The quantitative estimate of drug-likeness (QED) is 0.425. The lowest BCUT2D eigenvalue weighted by Crippen LogP contribution is -2.51. The van der Waals surface area contributed by atoms with Crippen LogP contribution in [0.1, 0.15) is 40.2 Å². The van der Waals surface area contributed by atoms with Crippen molar-refractivity contribution in [2.75, 3.05) is 7.11 Å². The zero-order valence-electron chi connectivity index (χ0n) is 18.8. The molecule has 0 bridgehead atoms. The minimum absolute atomic E-state index is 0.0650. The van der Waals surface area contributed by atoms with E-state index in [0.29, 0.717) is 0 Å². The number of alkyl carbamates (subject to hydrolysis) is 1. The Labute approximate surface area is 182 Å². The zero-order valence-corrected chi connectivity index (χ0v) is 18.8. The van der Waals surface area contributed by atoms with E-state index in [-0.39, 0.29) is 12.1 Å². The maximum Gasteiger partial charge on any atom is 0.408 e. The van der Waals surface area contributed by atoms with Crippen molar-refractivity contribution in [1.29, 1.82) is 0 Å². The molecule has 9 heteroatoms. The molecule has 0 heterocycles. The van der Waals surface area contributed by atoms with E-state index in [1.165, 1.54) is 20.1 Å². The molecular formula is C22H31N3O6. The molecule has 0 fully saturated rings. The molecule has 9 nitrogen and oxygen atoms in total. The van der Waals surface area contributed by atoms with Gasteiger partial charge in [-0.3, -0.25) is 9.59 Å². The van der Waals surface area contributed by atoms with E-state index in [9.17, 15) is 19.2 Å². The van der Waals surface area contributed by atoms with Gasteiger partial charge in [0, 0.05) is 6.42 Å². The normalized spacial score (nSPS) is 13.4. The minimum Gasteiger partial charge on any atom is -0.467 e. The molecule has 0 aliphatic rings. The van der Waals surface area contributed by atoms with Crippen molar-refractivity contribution in [2.24, 2.45) is 0 Å². The highest BCUT2D eigenvalue weighted by molar-refractivity contribution is 6.00. The Morgan fingerprint density at radius 3 is 2.19 bits per heavy atom. The van der Waals surface area contributed by atoms with E-state index >= 15 is 0 Å². The predicted molar refractivity (Wildman–Crippen MR) is 115 cm³/mol. The van der Waals surface area contributed by atoms with Crippen molar-refractivity contribution < 1.29 is 28.7 Å². The summed E-state index contributed by atoms with van der Waals surface area (Å²) in [5.41, 5.74) is 0.00489. The standard InChI is InChI=1S/C22H31N3O6/c1-7-16(18(26)23-14(2)20(28)30-6)24-19(27)17(13-15-11-9-8-10-12-15)25-21(29)31-22(3,4)5/h7-12,14,17H,13H2,1-6H3,(H,23,26)(H,24,27)(H,25,29)/b16-7-/t14-,17-/m0/s1. The van der Waals surface area contributed by atoms with Crippen LogP contribution in [0.5, 0.6) is 0 Å². The van der Waals surface area contributed by atoms with Crippen LogP contribution in [0.4, 0.5) is 4.79 Å². The molecule has 0 saturated carbocycles. The van der Waals surface area contributed by atoms with Crippen LogP contribution in [0.3, 0.4) is 0 Å². The average Bonchev–Trinajstić information content (AvgIpc) is 2.69. The van der Waals surface area contributed by atoms with Crippen molar-refractivity contribution in [2.45, 2.75) is 58.7 Å². The Kier molecular flexibility index (Phi) is 9.72. The van der Waals surface area contributed by atoms with E-state index in [2.05, 4.69) is 20.7 Å². The lowest BCUT2D eigenvalue weighted by Gasteiger charge is -2.24. The molecule has 170 valence electrons. The molecule has 0 unspecified atom stereocenters. The Bertz CT molecular complexity index is 814. The summed E-state index contributed by atoms with van der Waals surface area (Å²) >= 11 is 0. The molecule has 1 rings (SSSR count). The van der Waals surface area contributed by atoms with Gasteiger partial charge in [-0.05, 0) is 40.2 Å². The summed E-state index contributed by atoms with van der Waals surface area (Å²) < 4.78 is 9.82. The van der Waals surface area contributed by atoms with Gasteiger partial charge in [-0.2, -0.15) is 0 Å². The fraction of sp³-hybridized carbons (Fsp3) is 0.455. The van der Waals surface area contributed by atoms with Crippen LogP contribution in [-0.2, 0) is 30.3 Å². The smallest absolute Gasteiger partial charge is 0.408 e. The van der Waals surface area contributed by atoms with Crippen molar-refractivity contribution in [3.8, 4) is 0 Å². The van der Waals surface area contributed by atoms with E-state index in [1.807, 2.05) is 30.3 Å². The minimum atomic E-state index is -1.00. The van der Waals surface area contributed by atoms with Crippen molar-refractivity contribution >= 4 is 23.9 Å². The molecule has 0 radical (unpaired) electrons. The second-order valence-corrected chi connectivity index (χ2v) is 7.80. The second-order valence-electron chi connectivity index (χ2n) is 7.80. The summed E-state index contributed by atoms with van der Waals surface area (Å²) in [5.74, 6) is -1.89. The first-order chi connectivity index (χ1) is 14.5. The van der Waals surface area contributed by atoms with Crippen LogP contribution in [0.2, 0.25) is 0 Å². The number of amides is 3. The Morgan fingerprint density at radius 1 is 1.06 bits per heavy atom. The van der Waals surface area contributed by atoms with E-state index in [0.717, 1.165) is 5.56 Å². The third-order valence-electron chi connectivity index (χ3n) is 3.98. The molecular weight excluding hydrogens is 402 g/mol. The first kappa shape index (κ1) is 25.7. The summed E-state index contributed by atoms with van der Waals surface area (Å²) in [6.45, 7) is 8.16. The molecule has 1 aromatic carbocycles. The highest BCUT2D eigenvalue weighted by atomic mass is 16.6. The molecule has 31 heavy (non-hydrogen) atoms. The first-order valence-corrected chi connectivity index (χ1v) is 9.86. The fourth-order valence-electron chi connectivity index (χ4n) is 2.50. The van der Waals surface area contributed by atoms with Gasteiger partial charge < -0.3 is 25.4 Å². The van der Waals surface area contributed by atoms with Crippen LogP contribution < -0.4 is 16.0 Å². The largest absolute Gasteiger partial charge is 0.467 e. The number of allylic oxidation sites excluding steroid dienone is 1. The highest BCUT2D eigenvalue weighted by Gasteiger charge is 2.27. The number of ether oxygens (including phenoxy) is 2. The lowest BCUT2D eigenvalue weighted by molar-refractivity contribution is -0.144. The Balaban J connectivity index is 2.94. The van der Waals surface area contributed by atoms with Crippen molar-refractivity contribution in [1.82, 2.24) is 16.0 Å². The van der Waals surface area contributed by atoms with Crippen LogP contribution in [0.15, 0.2) is 42.1 Å². The molecule has 0 aliphatic carbocycles. The van der Waals surface area contributed by atoms with Gasteiger partial charge in [-0.25, -0.2) is 9.59 Å². The summed E-state index contributed by atoms with van der Waals surface area (Å²) in [6.07, 6.45) is 0.822. The molecule has 0 spiro atoms. The maximum atomic E-state index is 12.9. The van der Waals surface area contributed by atoms with Gasteiger partial charge in [0.2, 0.25) is 5.91 Å². The number of hydrogen-bond donors (Lipinski definition) is 3. The van der Waals surface area contributed by atoms with Gasteiger partial charge in [-0.15, -0.1) is 0 Å². The second kappa shape index (κ2) is 11.7. The summed E-state index contributed by atoms with van der Waals surface area (Å²) in [4.78, 5) is 49.1. The Hall–Kier alpha value is -3.36. The number of carbonyl (C=O) groups is 4. The first-order valence-electron chi connectivity index (χ1n) is 9.86. The van der Waals surface area contributed by atoms with Crippen molar-refractivity contribution in [3.63, 3.8) is 0 Å². The van der Waals surface area contributed by atoms with Crippen LogP contribution in [0.25, 0.3) is 0 Å². The van der Waals surface area contributed by atoms with Crippen molar-refractivity contribution in [3.05, 3.63) is 47.7 Å². The molecule has 3 N–H and O–H groups in total. The molecule has 1 aromatic rings.